The Hall–Kier alpha value is -2.17. The lowest BCUT2D eigenvalue weighted by atomic mass is 9.90. The van der Waals surface area contributed by atoms with Crippen molar-refractivity contribution < 1.29 is 32.6 Å². The average molecular weight is 415 g/mol. The number of anilines is 1. The lowest BCUT2D eigenvalue weighted by Crippen LogP contribution is -2.72. The second kappa shape index (κ2) is 5.00. The van der Waals surface area contributed by atoms with Crippen molar-refractivity contribution >= 4 is 45.4 Å². The summed E-state index contributed by atoms with van der Waals surface area (Å²) in [5.41, 5.74) is -1.74. The molecule has 3 heterocycles. The number of para-hydroxylation sites is 1. The van der Waals surface area contributed by atoms with Crippen LogP contribution in [0.3, 0.4) is 0 Å². The summed E-state index contributed by atoms with van der Waals surface area (Å²) in [6.07, 6.45) is 0.342. The third-order valence-corrected chi connectivity index (χ3v) is 8.89. The van der Waals surface area contributed by atoms with Crippen LogP contribution in [0.5, 0.6) is 0 Å². The molecular weight excluding hydrogens is 400 g/mol. The normalized spacial score (nSPS) is 37.4. The Labute approximate surface area is 159 Å². The summed E-state index contributed by atoms with van der Waals surface area (Å²) in [5, 5.41) is 5.84. The number of aliphatic carboxylic acids is 1. The van der Waals surface area contributed by atoms with Gasteiger partial charge >= 0.3 is 5.97 Å². The van der Waals surface area contributed by atoms with E-state index in [1.807, 2.05) is 0 Å². The minimum atomic E-state index is -4.16. The number of carboxylic acid groups (broad SMARTS) is 1. The SMILES string of the molecule is CC1(C)[C@H](C(=O)O)N2C(=O)[C@]3(O[C@]3(Cl)N(C=O)c3ccccc3)[C@H]2S1(=O)=O. The van der Waals surface area contributed by atoms with Gasteiger partial charge in [0.1, 0.15) is 10.8 Å². The summed E-state index contributed by atoms with van der Waals surface area (Å²) >= 11 is 6.43. The second-order valence-corrected chi connectivity index (χ2v) is 10.3. The molecule has 0 saturated carbocycles. The molecule has 2 amide bonds. The fourth-order valence-corrected chi connectivity index (χ4v) is 6.90. The van der Waals surface area contributed by atoms with Crippen molar-refractivity contribution in [1.82, 2.24) is 4.90 Å². The van der Waals surface area contributed by atoms with Crippen LogP contribution in [-0.2, 0) is 29.0 Å². The molecule has 0 aliphatic carbocycles. The van der Waals surface area contributed by atoms with E-state index in [-0.39, 0.29) is 0 Å². The highest BCUT2D eigenvalue weighted by molar-refractivity contribution is 7.94. The van der Waals surface area contributed by atoms with Crippen molar-refractivity contribution in [2.75, 3.05) is 4.90 Å². The van der Waals surface area contributed by atoms with Gasteiger partial charge in [-0.3, -0.25) is 14.5 Å². The maximum absolute atomic E-state index is 13.0. The van der Waals surface area contributed by atoms with E-state index in [4.69, 9.17) is 16.3 Å². The summed E-state index contributed by atoms with van der Waals surface area (Å²) in [6, 6.07) is 6.48. The molecule has 4 rings (SSSR count). The maximum Gasteiger partial charge on any atom is 0.328 e. The molecule has 3 fully saturated rings. The molecule has 0 bridgehead atoms. The van der Waals surface area contributed by atoms with Crippen molar-refractivity contribution in [2.24, 2.45) is 0 Å². The molecule has 3 aliphatic heterocycles. The number of carbonyl (C=O) groups excluding carboxylic acids is 2. The number of epoxide rings is 1. The van der Waals surface area contributed by atoms with Crippen molar-refractivity contribution in [2.45, 2.75) is 40.8 Å². The van der Waals surface area contributed by atoms with Crippen LogP contribution in [-0.4, -0.2) is 63.7 Å². The van der Waals surface area contributed by atoms with Crippen LogP contribution < -0.4 is 4.90 Å². The molecule has 11 heteroatoms. The van der Waals surface area contributed by atoms with Crippen LogP contribution in [0.2, 0.25) is 0 Å². The fourth-order valence-electron chi connectivity index (χ4n) is 4.03. The molecule has 3 aliphatic rings. The van der Waals surface area contributed by atoms with Gasteiger partial charge < -0.3 is 14.7 Å². The molecule has 4 atom stereocenters. The van der Waals surface area contributed by atoms with Crippen LogP contribution in [0.15, 0.2) is 30.3 Å². The number of sulfone groups is 1. The van der Waals surface area contributed by atoms with Crippen molar-refractivity contribution in [3.05, 3.63) is 30.3 Å². The first-order chi connectivity index (χ1) is 12.5. The summed E-state index contributed by atoms with van der Waals surface area (Å²) in [6.45, 7) is 2.49. The quantitative estimate of drug-likeness (QED) is 0.244. The molecule has 1 N–H and O–H groups in total. The average Bonchev–Trinajstić information content (AvgIpc) is 3.19. The van der Waals surface area contributed by atoms with Gasteiger partial charge in [0, 0.05) is 5.69 Å². The summed E-state index contributed by atoms with van der Waals surface area (Å²) in [7, 11) is -4.16. The Morgan fingerprint density at radius 1 is 1.33 bits per heavy atom. The number of amides is 2. The number of benzene rings is 1. The Morgan fingerprint density at radius 3 is 2.44 bits per heavy atom. The number of rotatable bonds is 4. The van der Waals surface area contributed by atoms with E-state index in [0.29, 0.717) is 12.1 Å². The van der Waals surface area contributed by atoms with E-state index in [0.717, 1.165) is 9.80 Å². The molecule has 144 valence electrons. The monoisotopic (exact) mass is 414 g/mol. The standard InChI is InChI=1S/C16H15ClN2O7S/c1-14(2)10(11(21)22)19-12(23)15(13(19)27(14,24)25)16(17,26-15)18(8-20)9-6-4-3-5-7-9/h3-8,10,13H,1-2H3,(H,21,22)/t10-,13+,15-,16+/m0/s1. The van der Waals surface area contributed by atoms with Crippen molar-refractivity contribution in [1.29, 1.82) is 0 Å². The first-order valence-electron chi connectivity index (χ1n) is 7.96. The summed E-state index contributed by atoms with van der Waals surface area (Å²) in [4.78, 5) is 37.9. The smallest absolute Gasteiger partial charge is 0.328 e. The Bertz CT molecular complexity index is 982. The molecule has 0 aromatic heterocycles. The number of ether oxygens (including phenoxy) is 1. The van der Waals surface area contributed by atoms with Gasteiger partial charge in [-0.05, 0) is 26.0 Å². The summed E-state index contributed by atoms with van der Waals surface area (Å²) < 4.78 is 29.7. The van der Waals surface area contributed by atoms with E-state index in [2.05, 4.69) is 0 Å². The van der Waals surface area contributed by atoms with E-state index < -0.39 is 48.7 Å². The summed E-state index contributed by atoms with van der Waals surface area (Å²) in [5.74, 6) is -2.31. The molecule has 27 heavy (non-hydrogen) atoms. The third kappa shape index (κ3) is 1.78. The van der Waals surface area contributed by atoms with Crippen LogP contribution in [0.4, 0.5) is 5.69 Å². The van der Waals surface area contributed by atoms with E-state index >= 15 is 0 Å². The number of alkyl halides is 1. The van der Waals surface area contributed by atoms with Gasteiger partial charge in [0.2, 0.25) is 12.0 Å². The Morgan fingerprint density at radius 2 is 1.93 bits per heavy atom. The fraction of sp³-hybridized carbons (Fsp3) is 0.438. The highest BCUT2D eigenvalue weighted by atomic mass is 35.5. The molecule has 9 nitrogen and oxygen atoms in total. The van der Waals surface area contributed by atoms with Gasteiger partial charge in [-0.25, -0.2) is 13.2 Å². The van der Waals surface area contributed by atoms with E-state index in [1.165, 1.54) is 13.8 Å². The molecule has 1 aromatic carbocycles. The number of hydrogen-bond acceptors (Lipinski definition) is 6. The molecule has 3 saturated heterocycles. The largest absolute Gasteiger partial charge is 0.480 e. The van der Waals surface area contributed by atoms with Crippen molar-refractivity contribution in [3.8, 4) is 0 Å². The van der Waals surface area contributed by atoms with Gasteiger partial charge in [-0.15, -0.1) is 0 Å². The van der Waals surface area contributed by atoms with E-state index in [1.54, 1.807) is 30.3 Å². The molecule has 1 spiro atoms. The van der Waals surface area contributed by atoms with Crippen molar-refractivity contribution in [3.63, 3.8) is 0 Å². The minimum Gasteiger partial charge on any atom is -0.480 e. The van der Waals surface area contributed by atoms with Gasteiger partial charge in [0.05, 0.1) is 0 Å². The molecule has 0 radical (unpaired) electrons. The number of carbonyl (C=O) groups is 3. The number of fused-ring (bicyclic) bond motifs is 2. The van der Waals surface area contributed by atoms with Gasteiger partial charge in [0.25, 0.3) is 11.1 Å². The van der Waals surface area contributed by atoms with Crippen LogP contribution in [0.25, 0.3) is 0 Å². The third-order valence-electron chi connectivity index (χ3n) is 5.51. The molecule has 1 aromatic rings. The predicted octanol–water partition coefficient (Wildman–Crippen LogP) is 0.139. The maximum atomic E-state index is 13.0. The van der Waals surface area contributed by atoms with Gasteiger partial charge in [0.15, 0.2) is 15.2 Å². The first-order valence-corrected chi connectivity index (χ1v) is 9.88. The second-order valence-electron chi connectivity index (χ2n) is 7.16. The molecule has 0 unspecified atom stereocenters. The number of halogens is 1. The number of nitrogens with zero attached hydrogens (tertiary/aromatic N) is 2. The van der Waals surface area contributed by atoms with Crippen LogP contribution >= 0.6 is 11.6 Å². The zero-order valence-electron chi connectivity index (χ0n) is 14.2. The highest BCUT2D eigenvalue weighted by Crippen LogP contribution is 2.68. The zero-order valence-corrected chi connectivity index (χ0v) is 15.8. The lowest BCUT2D eigenvalue weighted by molar-refractivity contribution is -0.165. The zero-order chi connectivity index (χ0) is 20.0. The lowest BCUT2D eigenvalue weighted by Gasteiger charge is -2.42. The Kier molecular flexibility index (Phi) is 3.37. The number of hydrogen-bond donors (Lipinski definition) is 1. The van der Waals surface area contributed by atoms with Crippen LogP contribution in [0.1, 0.15) is 13.8 Å². The Balaban J connectivity index is 1.81. The highest BCUT2D eigenvalue weighted by Gasteiger charge is 2.95. The predicted molar refractivity (Wildman–Crippen MR) is 92.4 cm³/mol. The number of β-lactam (4-membered cyclic amide) rings is 1. The molecular formula is C16H15ClN2O7S. The first kappa shape index (κ1) is 18.2. The minimum absolute atomic E-state index is 0.301. The van der Waals surface area contributed by atoms with E-state index in [9.17, 15) is 27.9 Å². The van der Waals surface area contributed by atoms with Gasteiger partial charge in [-0.1, -0.05) is 29.8 Å². The topological polar surface area (TPSA) is 125 Å². The van der Waals surface area contributed by atoms with Crippen LogP contribution in [0, 0.1) is 0 Å². The number of carboxylic acids is 1. The van der Waals surface area contributed by atoms with Gasteiger partial charge in [-0.2, -0.15) is 0 Å².